The first kappa shape index (κ1) is 12.1. The highest BCUT2D eigenvalue weighted by atomic mass is 16.4. The first-order chi connectivity index (χ1) is 8.20. The first-order valence-corrected chi connectivity index (χ1v) is 6.24. The van der Waals surface area contributed by atoms with Crippen molar-refractivity contribution < 1.29 is 9.90 Å². The molecule has 2 N–H and O–H groups in total. The molecule has 1 saturated carbocycles. The highest BCUT2D eigenvalue weighted by Crippen LogP contribution is 2.18. The molecule has 94 valence electrons. The molecular weight excluding hydrogens is 218 g/mol. The lowest BCUT2D eigenvalue weighted by Crippen LogP contribution is -2.26. The quantitative estimate of drug-likeness (QED) is 0.817. The molecular formula is C12H19N3O2. The third kappa shape index (κ3) is 2.85. The molecule has 1 aromatic heterocycles. The van der Waals surface area contributed by atoms with E-state index in [1.807, 2.05) is 6.92 Å². The lowest BCUT2D eigenvalue weighted by atomic mass is 10.2. The molecule has 1 heterocycles. The Morgan fingerprint density at radius 1 is 1.59 bits per heavy atom. The summed E-state index contributed by atoms with van der Waals surface area (Å²) in [6.07, 6.45) is 5.05. The van der Waals surface area contributed by atoms with Gasteiger partial charge >= 0.3 is 5.97 Å². The average Bonchev–Trinajstić information content (AvgIpc) is 2.95. The molecule has 17 heavy (non-hydrogen) atoms. The maximum absolute atomic E-state index is 10.8. The molecule has 0 saturated heterocycles. The van der Waals surface area contributed by atoms with E-state index in [-0.39, 0.29) is 5.69 Å². The third-order valence-electron chi connectivity index (χ3n) is 3.31. The summed E-state index contributed by atoms with van der Waals surface area (Å²) >= 11 is 0. The van der Waals surface area contributed by atoms with E-state index in [1.165, 1.54) is 25.7 Å². The van der Waals surface area contributed by atoms with Crippen molar-refractivity contribution in [1.29, 1.82) is 0 Å². The van der Waals surface area contributed by atoms with Gasteiger partial charge in [-0.15, -0.1) is 0 Å². The van der Waals surface area contributed by atoms with Gasteiger partial charge in [-0.05, 0) is 25.8 Å². The Morgan fingerprint density at radius 3 is 2.88 bits per heavy atom. The van der Waals surface area contributed by atoms with Gasteiger partial charge in [0.05, 0.1) is 5.69 Å². The van der Waals surface area contributed by atoms with Gasteiger partial charge in [-0.1, -0.05) is 12.8 Å². The molecule has 0 spiro atoms. The van der Waals surface area contributed by atoms with E-state index >= 15 is 0 Å². The maximum atomic E-state index is 10.8. The highest BCUT2D eigenvalue weighted by molar-refractivity contribution is 5.85. The molecule has 5 nitrogen and oxygen atoms in total. The molecule has 0 radical (unpaired) electrons. The van der Waals surface area contributed by atoms with E-state index in [0.29, 0.717) is 19.1 Å². The fraction of sp³-hybridized carbons (Fsp3) is 0.667. The van der Waals surface area contributed by atoms with Crippen LogP contribution in [-0.2, 0) is 13.1 Å². The molecule has 1 aliphatic rings. The van der Waals surface area contributed by atoms with Crippen molar-refractivity contribution in [2.24, 2.45) is 0 Å². The molecule has 0 atom stereocenters. The van der Waals surface area contributed by atoms with E-state index in [9.17, 15) is 4.79 Å². The minimum atomic E-state index is -0.959. The van der Waals surface area contributed by atoms with Gasteiger partial charge in [0.2, 0.25) is 0 Å². The van der Waals surface area contributed by atoms with Gasteiger partial charge < -0.3 is 10.4 Å². The van der Waals surface area contributed by atoms with Crippen molar-refractivity contribution in [2.45, 2.75) is 51.7 Å². The van der Waals surface area contributed by atoms with Crippen LogP contribution in [0.3, 0.4) is 0 Å². The molecule has 5 heteroatoms. The monoisotopic (exact) mass is 237 g/mol. The van der Waals surface area contributed by atoms with Gasteiger partial charge in [0.15, 0.2) is 5.69 Å². The number of aromatic carboxylic acids is 1. The summed E-state index contributed by atoms with van der Waals surface area (Å²) in [5, 5.41) is 16.4. The van der Waals surface area contributed by atoms with E-state index in [0.717, 1.165) is 5.69 Å². The predicted octanol–water partition coefficient (Wildman–Crippen LogP) is 1.63. The predicted molar refractivity (Wildman–Crippen MR) is 64.0 cm³/mol. The van der Waals surface area contributed by atoms with Gasteiger partial charge in [-0.2, -0.15) is 5.10 Å². The SMILES string of the molecule is CCn1nc(C(=O)O)cc1CNC1CCCC1. The molecule has 0 aromatic carbocycles. The van der Waals surface area contributed by atoms with E-state index in [4.69, 9.17) is 5.11 Å². The van der Waals surface area contributed by atoms with E-state index in [2.05, 4.69) is 10.4 Å². The lowest BCUT2D eigenvalue weighted by Gasteiger charge is -2.12. The van der Waals surface area contributed by atoms with Gasteiger partial charge in [0, 0.05) is 19.1 Å². The molecule has 0 unspecified atom stereocenters. The van der Waals surface area contributed by atoms with Gasteiger partial charge in [-0.25, -0.2) is 4.79 Å². The van der Waals surface area contributed by atoms with Crippen LogP contribution >= 0.6 is 0 Å². The van der Waals surface area contributed by atoms with Crippen LogP contribution in [0, 0.1) is 0 Å². The number of carboxylic acid groups (broad SMARTS) is 1. The van der Waals surface area contributed by atoms with Crippen molar-refractivity contribution in [3.8, 4) is 0 Å². The number of nitrogens with one attached hydrogen (secondary N) is 1. The second kappa shape index (κ2) is 5.31. The van der Waals surface area contributed by atoms with E-state index < -0.39 is 5.97 Å². The Kier molecular flexibility index (Phi) is 3.78. The summed E-state index contributed by atoms with van der Waals surface area (Å²) in [6.45, 7) is 3.38. The zero-order valence-corrected chi connectivity index (χ0v) is 10.1. The number of aromatic nitrogens is 2. The summed E-state index contributed by atoms with van der Waals surface area (Å²) < 4.78 is 1.76. The largest absolute Gasteiger partial charge is 0.476 e. The summed E-state index contributed by atoms with van der Waals surface area (Å²) in [5.41, 5.74) is 1.09. The molecule has 0 bridgehead atoms. The number of hydrogen-bond acceptors (Lipinski definition) is 3. The Hall–Kier alpha value is -1.36. The zero-order chi connectivity index (χ0) is 12.3. The normalized spacial score (nSPS) is 16.5. The Morgan fingerprint density at radius 2 is 2.29 bits per heavy atom. The second-order valence-corrected chi connectivity index (χ2v) is 4.50. The van der Waals surface area contributed by atoms with Crippen LogP contribution in [0.2, 0.25) is 0 Å². The molecule has 0 aliphatic heterocycles. The summed E-state index contributed by atoms with van der Waals surface area (Å²) in [7, 11) is 0. The van der Waals surface area contributed by atoms with Crippen molar-refractivity contribution in [3.05, 3.63) is 17.5 Å². The second-order valence-electron chi connectivity index (χ2n) is 4.50. The molecule has 1 aliphatic carbocycles. The number of rotatable bonds is 5. The fourth-order valence-corrected chi connectivity index (χ4v) is 2.35. The smallest absolute Gasteiger partial charge is 0.356 e. The van der Waals surface area contributed by atoms with Gasteiger partial charge in [-0.3, -0.25) is 4.68 Å². The van der Waals surface area contributed by atoms with Crippen molar-refractivity contribution in [1.82, 2.24) is 15.1 Å². The van der Waals surface area contributed by atoms with Gasteiger partial charge in [0.25, 0.3) is 0 Å². The molecule has 1 aromatic rings. The fourth-order valence-electron chi connectivity index (χ4n) is 2.35. The minimum absolute atomic E-state index is 0.134. The average molecular weight is 237 g/mol. The van der Waals surface area contributed by atoms with Crippen LogP contribution in [0.25, 0.3) is 0 Å². The maximum Gasteiger partial charge on any atom is 0.356 e. The standard InChI is InChI=1S/C12H19N3O2/c1-2-15-10(7-11(14-15)12(16)17)8-13-9-5-3-4-6-9/h7,9,13H,2-6,8H2,1H3,(H,16,17). The van der Waals surface area contributed by atoms with Crippen LogP contribution in [-0.4, -0.2) is 26.9 Å². The molecule has 0 amide bonds. The first-order valence-electron chi connectivity index (χ1n) is 6.24. The van der Waals surface area contributed by atoms with E-state index in [1.54, 1.807) is 10.7 Å². The van der Waals surface area contributed by atoms with Crippen molar-refractivity contribution >= 4 is 5.97 Å². The topological polar surface area (TPSA) is 67.2 Å². The number of carboxylic acids is 1. The number of nitrogens with zero attached hydrogens (tertiary/aromatic N) is 2. The minimum Gasteiger partial charge on any atom is -0.476 e. The summed E-state index contributed by atoms with van der Waals surface area (Å²) in [5.74, 6) is -0.959. The van der Waals surface area contributed by atoms with Crippen LogP contribution < -0.4 is 5.32 Å². The van der Waals surface area contributed by atoms with Crippen LogP contribution in [0.1, 0.15) is 48.8 Å². The number of hydrogen-bond donors (Lipinski definition) is 2. The number of aryl methyl sites for hydroxylation is 1. The third-order valence-corrected chi connectivity index (χ3v) is 3.31. The Labute approximate surface area is 101 Å². The summed E-state index contributed by atoms with van der Waals surface area (Å²) in [4.78, 5) is 10.8. The van der Waals surface area contributed by atoms with Crippen molar-refractivity contribution in [2.75, 3.05) is 0 Å². The van der Waals surface area contributed by atoms with Crippen molar-refractivity contribution in [3.63, 3.8) is 0 Å². The zero-order valence-electron chi connectivity index (χ0n) is 10.1. The van der Waals surface area contributed by atoms with Crippen LogP contribution in [0.4, 0.5) is 0 Å². The highest BCUT2D eigenvalue weighted by Gasteiger charge is 2.16. The molecule has 2 rings (SSSR count). The Balaban J connectivity index is 2.00. The summed E-state index contributed by atoms with van der Waals surface area (Å²) in [6, 6.07) is 2.25. The van der Waals surface area contributed by atoms with Crippen LogP contribution in [0.15, 0.2) is 6.07 Å². The number of carbonyl (C=O) groups is 1. The van der Waals surface area contributed by atoms with Gasteiger partial charge in [0.1, 0.15) is 0 Å². The Bertz CT molecular complexity index is 394. The lowest BCUT2D eigenvalue weighted by molar-refractivity contribution is 0.0689. The van der Waals surface area contributed by atoms with Crippen LogP contribution in [0.5, 0.6) is 0 Å². The molecule has 1 fully saturated rings.